The predicted molar refractivity (Wildman–Crippen MR) is 74.7 cm³/mol. The molecule has 1 aliphatic rings. The number of nitrogens with one attached hydrogen (secondary N) is 2. The number of hydrogen-bond acceptors (Lipinski definition) is 5. The topological polar surface area (TPSA) is 101 Å². The lowest BCUT2D eigenvalue weighted by atomic mass is 10.3. The lowest BCUT2D eigenvalue weighted by molar-refractivity contribution is -0.384. The van der Waals surface area contributed by atoms with Gasteiger partial charge in [-0.2, -0.15) is 0 Å². The summed E-state index contributed by atoms with van der Waals surface area (Å²) >= 11 is 11.5. The van der Waals surface area contributed by atoms with Crippen LogP contribution in [0.3, 0.4) is 0 Å². The van der Waals surface area contributed by atoms with E-state index in [1.807, 2.05) is 0 Å². The van der Waals surface area contributed by atoms with Gasteiger partial charge in [-0.1, -0.05) is 23.2 Å². The van der Waals surface area contributed by atoms with E-state index in [0.29, 0.717) is 19.5 Å². The Morgan fingerprint density at radius 2 is 2.10 bits per heavy atom. The first-order valence-electron chi connectivity index (χ1n) is 5.68. The summed E-state index contributed by atoms with van der Waals surface area (Å²) in [6.45, 7) is 1.22. The Morgan fingerprint density at radius 3 is 2.65 bits per heavy atom. The molecule has 7 nitrogen and oxygen atoms in total. The van der Waals surface area contributed by atoms with Crippen molar-refractivity contribution >= 4 is 38.9 Å². The predicted octanol–water partition coefficient (Wildman–Crippen LogP) is 1.54. The Hall–Kier alpha value is -0.930. The first-order chi connectivity index (χ1) is 9.33. The van der Waals surface area contributed by atoms with Gasteiger partial charge in [0.05, 0.1) is 4.92 Å². The van der Waals surface area contributed by atoms with Gasteiger partial charge in [0.2, 0.25) is 10.0 Å². The molecular weight excluding hydrogens is 329 g/mol. The summed E-state index contributed by atoms with van der Waals surface area (Å²) < 4.78 is 26.9. The summed E-state index contributed by atoms with van der Waals surface area (Å²) in [6, 6.07) is 2.04. The van der Waals surface area contributed by atoms with Gasteiger partial charge < -0.3 is 5.32 Å². The molecule has 1 saturated heterocycles. The van der Waals surface area contributed by atoms with Crippen molar-refractivity contribution in [3.05, 3.63) is 32.3 Å². The molecule has 0 spiro atoms. The second-order valence-corrected chi connectivity index (χ2v) is 6.74. The van der Waals surface area contributed by atoms with Gasteiger partial charge in [-0.3, -0.25) is 10.1 Å². The highest BCUT2D eigenvalue weighted by molar-refractivity contribution is 7.89. The Balaban J connectivity index is 2.41. The minimum absolute atomic E-state index is 0.207. The fraction of sp³-hybridized carbons (Fsp3) is 0.400. The van der Waals surface area contributed by atoms with E-state index in [4.69, 9.17) is 23.2 Å². The zero-order valence-electron chi connectivity index (χ0n) is 10.1. The summed E-state index contributed by atoms with van der Waals surface area (Å²) in [5, 5.41) is 13.2. The van der Waals surface area contributed by atoms with Crippen LogP contribution < -0.4 is 10.0 Å². The third-order valence-electron chi connectivity index (χ3n) is 2.89. The Labute approximate surface area is 125 Å². The molecule has 0 aliphatic carbocycles. The average molecular weight is 340 g/mol. The fourth-order valence-corrected chi connectivity index (χ4v) is 4.10. The summed E-state index contributed by atoms with van der Waals surface area (Å²) in [6.07, 6.45) is 0.645. The van der Waals surface area contributed by atoms with E-state index in [0.717, 1.165) is 12.1 Å². The fourth-order valence-electron chi connectivity index (χ4n) is 1.94. The van der Waals surface area contributed by atoms with Gasteiger partial charge in [0.1, 0.15) is 14.9 Å². The molecule has 1 aliphatic heterocycles. The van der Waals surface area contributed by atoms with Crippen LogP contribution in [0, 0.1) is 10.1 Å². The van der Waals surface area contributed by atoms with Crippen molar-refractivity contribution in [2.24, 2.45) is 0 Å². The van der Waals surface area contributed by atoms with Gasteiger partial charge in [0, 0.05) is 12.6 Å². The Kier molecular flexibility index (Phi) is 4.50. The van der Waals surface area contributed by atoms with E-state index in [2.05, 4.69) is 10.0 Å². The molecule has 1 aromatic carbocycles. The first kappa shape index (κ1) is 15.5. The molecule has 0 aromatic heterocycles. The van der Waals surface area contributed by atoms with Gasteiger partial charge in [0.15, 0.2) is 0 Å². The zero-order chi connectivity index (χ0) is 14.9. The number of hydrogen-bond donors (Lipinski definition) is 2. The van der Waals surface area contributed by atoms with Crippen LogP contribution in [0.15, 0.2) is 17.0 Å². The van der Waals surface area contributed by atoms with Gasteiger partial charge in [0.25, 0.3) is 0 Å². The van der Waals surface area contributed by atoms with Crippen molar-refractivity contribution in [3.63, 3.8) is 0 Å². The molecule has 110 valence electrons. The van der Waals surface area contributed by atoms with Gasteiger partial charge in [-0.05, 0) is 25.1 Å². The monoisotopic (exact) mass is 339 g/mol. The van der Waals surface area contributed by atoms with Gasteiger partial charge >= 0.3 is 5.69 Å². The molecule has 0 bridgehead atoms. The maximum atomic E-state index is 12.2. The maximum absolute atomic E-state index is 12.2. The van der Waals surface area contributed by atoms with Crippen LogP contribution in [0.5, 0.6) is 0 Å². The summed E-state index contributed by atoms with van der Waals surface area (Å²) in [7, 11) is -3.93. The van der Waals surface area contributed by atoms with Crippen LogP contribution >= 0.6 is 23.2 Å². The maximum Gasteiger partial charge on any atom is 0.307 e. The smallest absolute Gasteiger partial charge is 0.307 e. The van der Waals surface area contributed by atoms with E-state index in [1.54, 1.807) is 0 Å². The van der Waals surface area contributed by atoms with Crippen LogP contribution in [0.4, 0.5) is 5.69 Å². The molecular formula is C10H11Cl2N3O4S. The molecule has 0 radical (unpaired) electrons. The van der Waals surface area contributed by atoms with Gasteiger partial charge in [-0.25, -0.2) is 13.1 Å². The first-order valence-corrected chi connectivity index (χ1v) is 7.92. The molecule has 2 N–H and O–H groups in total. The molecule has 10 heteroatoms. The number of nitro benzene ring substituents is 1. The van der Waals surface area contributed by atoms with E-state index < -0.39 is 25.7 Å². The van der Waals surface area contributed by atoms with Crippen LogP contribution in [0.1, 0.15) is 6.42 Å². The summed E-state index contributed by atoms with van der Waals surface area (Å²) in [5.74, 6) is 0. The van der Waals surface area contributed by atoms with Crippen molar-refractivity contribution in [2.45, 2.75) is 17.4 Å². The normalized spacial score (nSPS) is 19.2. The van der Waals surface area contributed by atoms with Crippen molar-refractivity contribution in [3.8, 4) is 0 Å². The number of halogens is 2. The zero-order valence-corrected chi connectivity index (χ0v) is 12.4. The van der Waals surface area contributed by atoms with Crippen LogP contribution in [0.2, 0.25) is 10.0 Å². The second kappa shape index (κ2) is 5.82. The molecule has 1 fully saturated rings. The second-order valence-electron chi connectivity index (χ2n) is 4.28. The van der Waals surface area contributed by atoms with Gasteiger partial charge in [-0.15, -0.1) is 0 Å². The molecule has 1 atom stereocenters. The third-order valence-corrected chi connectivity index (χ3v) is 5.25. The largest absolute Gasteiger partial charge is 0.315 e. The molecule has 20 heavy (non-hydrogen) atoms. The van der Waals surface area contributed by atoms with Crippen LogP contribution in [-0.2, 0) is 10.0 Å². The number of benzene rings is 1. The minimum Gasteiger partial charge on any atom is -0.315 e. The van der Waals surface area contributed by atoms with Crippen molar-refractivity contribution in [2.75, 3.05) is 13.1 Å². The van der Waals surface area contributed by atoms with E-state index in [9.17, 15) is 18.5 Å². The quantitative estimate of drug-likeness (QED) is 0.640. The number of nitrogens with zero attached hydrogens (tertiary/aromatic N) is 1. The highest BCUT2D eigenvalue weighted by Crippen LogP contribution is 2.37. The molecule has 1 aromatic rings. The van der Waals surface area contributed by atoms with Crippen LogP contribution in [0.25, 0.3) is 0 Å². The highest BCUT2D eigenvalue weighted by Gasteiger charge is 2.30. The SMILES string of the molecule is O=[N+]([O-])c1c(Cl)ccc(S(=O)(=O)N[C@H]2CCNC2)c1Cl. The highest BCUT2D eigenvalue weighted by atomic mass is 35.5. The van der Waals surface area contributed by atoms with Crippen molar-refractivity contribution in [1.82, 2.24) is 10.0 Å². The number of rotatable bonds is 4. The average Bonchev–Trinajstić information content (AvgIpc) is 2.79. The molecule has 0 unspecified atom stereocenters. The summed E-state index contributed by atoms with van der Waals surface area (Å²) in [4.78, 5) is 9.73. The number of nitro groups is 1. The lowest BCUT2D eigenvalue weighted by Crippen LogP contribution is -2.36. The van der Waals surface area contributed by atoms with E-state index in [1.165, 1.54) is 0 Å². The van der Waals surface area contributed by atoms with E-state index >= 15 is 0 Å². The number of sulfonamides is 1. The van der Waals surface area contributed by atoms with Crippen LogP contribution in [-0.4, -0.2) is 32.5 Å². The Morgan fingerprint density at radius 1 is 1.40 bits per heavy atom. The Bertz CT molecular complexity index is 644. The van der Waals surface area contributed by atoms with E-state index in [-0.39, 0.29) is 16.0 Å². The minimum atomic E-state index is -3.93. The summed E-state index contributed by atoms with van der Waals surface area (Å²) in [5.41, 5.74) is -0.610. The van der Waals surface area contributed by atoms with Crippen molar-refractivity contribution < 1.29 is 13.3 Å². The lowest BCUT2D eigenvalue weighted by Gasteiger charge is -2.13. The molecule has 1 heterocycles. The molecule has 2 rings (SSSR count). The standard InChI is InChI=1S/C10H11Cl2N3O4S/c11-7-1-2-8(9(12)10(7)15(16)17)20(18,19)14-6-3-4-13-5-6/h1-2,6,13-14H,3-5H2/t6-/m0/s1. The van der Waals surface area contributed by atoms with Crippen molar-refractivity contribution in [1.29, 1.82) is 0 Å². The molecule has 0 amide bonds. The molecule has 0 saturated carbocycles. The third kappa shape index (κ3) is 3.04.